The summed E-state index contributed by atoms with van der Waals surface area (Å²) < 4.78 is 1.91. The van der Waals surface area contributed by atoms with Gasteiger partial charge in [0.15, 0.2) is 0 Å². The van der Waals surface area contributed by atoms with Gasteiger partial charge in [-0.1, -0.05) is 6.92 Å². The maximum Gasteiger partial charge on any atom is 0.0522 e. The van der Waals surface area contributed by atoms with Crippen LogP contribution in [0.4, 0.5) is 0 Å². The van der Waals surface area contributed by atoms with Crippen molar-refractivity contribution in [3.05, 3.63) is 18.0 Å². The van der Waals surface area contributed by atoms with Gasteiger partial charge >= 0.3 is 0 Å². The van der Waals surface area contributed by atoms with E-state index in [4.69, 9.17) is 0 Å². The SMILES string of the molecule is CCC1(C)CN(CCc2cnn(C)c2)C(C)(C2CC2)CN1. The molecule has 2 unspecified atom stereocenters. The fourth-order valence-electron chi connectivity index (χ4n) is 3.71. The highest BCUT2D eigenvalue weighted by molar-refractivity contribution is 5.10. The lowest BCUT2D eigenvalue weighted by Gasteiger charge is -2.53. The molecule has 0 radical (unpaired) electrons. The average molecular weight is 290 g/mol. The van der Waals surface area contributed by atoms with Crippen molar-refractivity contribution in [1.29, 1.82) is 0 Å². The molecule has 4 heteroatoms. The monoisotopic (exact) mass is 290 g/mol. The van der Waals surface area contributed by atoms with Crippen LogP contribution in [0.2, 0.25) is 0 Å². The topological polar surface area (TPSA) is 33.1 Å². The summed E-state index contributed by atoms with van der Waals surface area (Å²) in [6.07, 6.45) is 9.27. The predicted molar refractivity (Wildman–Crippen MR) is 86.3 cm³/mol. The van der Waals surface area contributed by atoms with E-state index >= 15 is 0 Å². The van der Waals surface area contributed by atoms with Gasteiger partial charge in [0.1, 0.15) is 0 Å². The summed E-state index contributed by atoms with van der Waals surface area (Å²) in [6.45, 7) is 10.6. The molecule has 1 aliphatic heterocycles. The van der Waals surface area contributed by atoms with Crippen LogP contribution in [0.3, 0.4) is 0 Å². The highest BCUT2D eigenvalue weighted by Gasteiger charge is 2.50. The van der Waals surface area contributed by atoms with Crippen LogP contribution in [0, 0.1) is 5.92 Å². The molecule has 3 rings (SSSR count). The number of piperazine rings is 1. The Bertz CT molecular complexity index is 493. The highest BCUT2D eigenvalue weighted by atomic mass is 15.3. The van der Waals surface area contributed by atoms with Crippen LogP contribution in [0.1, 0.15) is 45.6 Å². The molecule has 0 aromatic carbocycles. The van der Waals surface area contributed by atoms with Gasteiger partial charge in [0, 0.05) is 44.0 Å². The first kappa shape index (κ1) is 15.0. The van der Waals surface area contributed by atoms with Crippen LogP contribution in [0.5, 0.6) is 0 Å². The van der Waals surface area contributed by atoms with Crippen LogP contribution in [-0.2, 0) is 13.5 Å². The van der Waals surface area contributed by atoms with Crippen molar-refractivity contribution in [3.63, 3.8) is 0 Å². The number of nitrogens with one attached hydrogen (secondary N) is 1. The van der Waals surface area contributed by atoms with Gasteiger partial charge in [-0.15, -0.1) is 0 Å². The van der Waals surface area contributed by atoms with Crippen molar-refractivity contribution in [1.82, 2.24) is 20.0 Å². The molecule has 1 saturated carbocycles. The summed E-state index contributed by atoms with van der Waals surface area (Å²) >= 11 is 0. The third kappa shape index (κ3) is 3.02. The minimum atomic E-state index is 0.267. The van der Waals surface area contributed by atoms with Crippen molar-refractivity contribution in [3.8, 4) is 0 Å². The lowest BCUT2D eigenvalue weighted by atomic mass is 9.84. The molecule has 2 heterocycles. The third-order valence-corrected chi connectivity index (χ3v) is 5.80. The molecule has 0 bridgehead atoms. The molecular formula is C17H30N4. The molecule has 1 aromatic rings. The zero-order chi connectivity index (χ0) is 15.1. The Hall–Kier alpha value is -0.870. The van der Waals surface area contributed by atoms with Crippen LogP contribution in [0.25, 0.3) is 0 Å². The van der Waals surface area contributed by atoms with Crippen molar-refractivity contribution < 1.29 is 0 Å². The highest BCUT2D eigenvalue weighted by Crippen LogP contribution is 2.45. The van der Waals surface area contributed by atoms with E-state index in [1.807, 2.05) is 17.9 Å². The summed E-state index contributed by atoms with van der Waals surface area (Å²) in [7, 11) is 2.00. The van der Waals surface area contributed by atoms with E-state index in [9.17, 15) is 0 Å². The molecule has 2 atom stereocenters. The number of hydrogen-bond acceptors (Lipinski definition) is 3. The summed E-state index contributed by atoms with van der Waals surface area (Å²) in [5.74, 6) is 0.889. The maximum absolute atomic E-state index is 4.29. The van der Waals surface area contributed by atoms with Gasteiger partial charge < -0.3 is 5.32 Å². The van der Waals surface area contributed by atoms with Crippen LogP contribution < -0.4 is 5.32 Å². The van der Waals surface area contributed by atoms with Gasteiger partial charge in [-0.25, -0.2) is 0 Å². The Morgan fingerprint density at radius 3 is 2.71 bits per heavy atom. The van der Waals surface area contributed by atoms with Crippen molar-refractivity contribution in [2.75, 3.05) is 19.6 Å². The first-order valence-corrected chi connectivity index (χ1v) is 8.43. The zero-order valence-corrected chi connectivity index (χ0v) is 14.0. The summed E-state index contributed by atoms with van der Waals surface area (Å²) in [4.78, 5) is 2.76. The van der Waals surface area contributed by atoms with E-state index in [2.05, 4.69) is 42.3 Å². The fourth-order valence-corrected chi connectivity index (χ4v) is 3.71. The Labute approximate surface area is 128 Å². The van der Waals surface area contributed by atoms with Gasteiger partial charge in [0.2, 0.25) is 0 Å². The number of hydrogen-bond donors (Lipinski definition) is 1. The molecule has 1 aromatic heterocycles. The van der Waals surface area contributed by atoms with E-state index in [0.717, 1.165) is 32.0 Å². The van der Waals surface area contributed by atoms with Crippen LogP contribution in [0.15, 0.2) is 12.4 Å². The van der Waals surface area contributed by atoms with Gasteiger partial charge in [0.05, 0.1) is 6.20 Å². The van der Waals surface area contributed by atoms with Crippen molar-refractivity contribution >= 4 is 0 Å². The minimum Gasteiger partial charge on any atom is -0.308 e. The number of aryl methyl sites for hydroxylation is 1. The molecule has 0 amide bonds. The fraction of sp³-hybridized carbons (Fsp3) is 0.824. The molecule has 1 N–H and O–H groups in total. The second kappa shape index (κ2) is 5.40. The smallest absolute Gasteiger partial charge is 0.0522 e. The van der Waals surface area contributed by atoms with E-state index in [-0.39, 0.29) is 5.54 Å². The molecule has 1 aliphatic carbocycles. The van der Waals surface area contributed by atoms with Gasteiger partial charge in [-0.3, -0.25) is 9.58 Å². The zero-order valence-electron chi connectivity index (χ0n) is 14.0. The standard InChI is InChI=1S/C17H30N4/c1-5-16(2)13-21(9-8-14-10-19-20(4)11-14)17(3,12-18-16)15-6-7-15/h10-11,15,18H,5-9,12-13H2,1-4H3. The minimum absolute atomic E-state index is 0.267. The Morgan fingerprint density at radius 1 is 1.38 bits per heavy atom. The average Bonchev–Trinajstić information content (AvgIpc) is 3.24. The molecular weight excluding hydrogens is 260 g/mol. The molecule has 2 fully saturated rings. The number of nitrogens with zero attached hydrogens (tertiary/aromatic N) is 3. The first-order valence-electron chi connectivity index (χ1n) is 8.43. The first-order chi connectivity index (χ1) is 9.95. The number of aromatic nitrogens is 2. The van der Waals surface area contributed by atoms with Crippen molar-refractivity contribution in [2.24, 2.45) is 13.0 Å². The molecule has 118 valence electrons. The van der Waals surface area contributed by atoms with Gasteiger partial charge in [-0.05, 0) is 51.0 Å². The molecule has 4 nitrogen and oxygen atoms in total. The van der Waals surface area contributed by atoms with Gasteiger partial charge in [-0.2, -0.15) is 5.10 Å². The maximum atomic E-state index is 4.29. The third-order valence-electron chi connectivity index (χ3n) is 5.80. The second-order valence-electron chi connectivity index (χ2n) is 7.59. The number of rotatable bonds is 5. The van der Waals surface area contributed by atoms with E-state index < -0.39 is 0 Å². The van der Waals surface area contributed by atoms with Crippen molar-refractivity contribution in [2.45, 2.75) is 57.5 Å². The van der Waals surface area contributed by atoms with E-state index in [0.29, 0.717) is 5.54 Å². The second-order valence-corrected chi connectivity index (χ2v) is 7.59. The lowest BCUT2D eigenvalue weighted by molar-refractivity contribution is 0.00607. The van der Waals surface area contributed by atoms with Crippen LogP contribution >= 0.6 is 0 Å². The summed E-state index contributed by atoms with van der Waals surface area (Å²) in [6, 6.07) is 0. The Balaban J connectivity index is 1.70. The van der Waals surface area contributed by atoms with E-state index in [1.165, 1.54) is 24.8 Å². The van der Waals surface area contributed by atoms with Gasteiger partial charge in [0.25, 0.3) is 0 Å². The molecule has 0 spiro atoms. The Kier molecular flexibility index (Phi) is 3.87. The molecule has 1 saturated heterocycles. The molecule has 2 aliphatic rings. The predicted octanol–water partition coefficient (Wildman–Crippen LogP) is 2.21. The normalized spacial score (nSPS) is 34.3. The van der Waals surface area contributed by atoms with Crippen LogP contribution in [-0.4, -0.2) is 45.4 Å². The largest absolute Gasteiger partial charge is 0.308 e. The lowest BCUT2D eigenvalue weighted by Crippen LogP contribution is -2.69. The summed E-state index contributed by atoms with van der Waals surface area (Å²) in [5.41, 5.74) is 1.97. The quantitative estimate of drug-likeness (QED) is 0.902. The van der Waals surface area contributed by atoms with E-state index in [1.54, 1.807) is 0 Å². The Morgan fingerprint density at radius 2 is 2.14 bits per heavy atom. The summed E-state index contributed by atoms with van der Waals surface area (Å²) in [5, 5.41) is 8.13. The molecule has 21 heavy (non-hydrogen) atoms.